The molecule has 4 nitrogen and oxygen atoms in total. The van der Waals surface area contributed by atoms with Gasteiger partial charge < -0.3 is 4.74 Å². The van der Waals surface area contributed by atoms with Crippen LogP contribution in [-0.2, 0) is 6.61 Å². The molecule has 0 amide bonds. The van der Waals surface area contributed by atoms with Crippen molar-refractivity contribution in [2.24, 2.45) is 0 Å². The first-order chi connectivity index (χ1) is 10.6. The zero-order valence-electron chi connectivity index (χ0n) is 11.8. The van der Waals surface area contributed by atoms with Gasteiger partial charge in [-0.3, -0.25) is 9.78 Å². The number of aromatic nitrogens is 2. The molecule has 0 aliphatic carbocycles. The van der Waals surface area contributed by atoms with Gasteiger partial charge in [0.25, 0.3) is 0 Å². The first kappa shape index (κ1) is 14.8. The van der Waals surface area contributed by atoms with E-state index in [1.54, 1.807) is 6.07 Å². The highest BCUT2D eigenvalue weighted by Gasteiger charge is 2.05. The lowest BCUT2D eigenvalue weighted by atomic mass is 10.1. The lowest BCUT2D eigenvalue weighted by molar-refractivity contribution is 0.304. The van der Waals surface area contributed by atoms with E-state index in [0.717, 1.165) is 34.0 Å². The summed E-state index contributed by atoms with van der Waals surface area (Å²) in [5.74, 6) is 1.39. The van der Waals surface area contributed by atoms with Crippen LogP contribution in [0, 0.1) is 6.92 Å². The molecule has 3 rings (SSSR count). The third kappa shape index (κ3) is 3.37. The molecule has 0 spiro atoms. The Hall–Kier alpha value is -2.11. The van der Waals surface area contributed by atoms with Gasteiger partial charge in [0, 0.05) is 22.1 Å². The molecule has 0 bridgehead atoms. The molecule has 22 heavy (non-hydrogen) atoms. The van der Waals surface area contributed by atoms with E-state index in [4.69, 9.17) is 16.3 Å². The van der Waals surface area contributed by atoms with E-state index in [1.807, 2.05) is 43.3 Å². The van der Waals surface area contributed by atoms with E-state index < -0.39 is 0 Å². The predicted octanol–water partition coefficient (Wildman–Crippen LogP) is 4.04. The van der Waals surface area contributed by atoms with Crippen molar-refractivity contribution in [2.75, 3.05) is 0 Å². The van der Waals surface area contributed by atoms with Crippen LogP contribution in [-0.4, -0.2) is 9.36 Å². The lowest BCUT2D eigenvalue weighted by Crippen LogP contribution is -1.98. The smallest absolute Gasteiger partial charge is 0.323 e. The number of ether oxygens (including phenoxy) is 1. The largest absolute Gasteiger partial charge is 0.489 e. The Morgan fingerprint density at radius 3 is 2.86 bits per heavy atom. The Labute approximate surface area is 136 Å². The van der Waals surface area contributed by atoms with Crippen molar-refractivity contribution in [3.05, 3.63) is 68.3 Å². The Balaban J connectivity index is 1.77. The molecule has 0 fully saturated rings. The number of benzene rings is 2. The van der Waals surface area contributed by atoms with E-state index in [9.17, 15) is 4.79 Å². The van der Waals surface area contributed by atoms with Crippen molar-refractivity contribution in [1.82, 2.24) is 9.36 Å². The minimum Gasteiger partial charge on any atom is -0.489 e. The van der Waals surface area contributed by atoms with Crippen molar-refractivity contribution in [1.29, 1.82) is 0 Å². The zero-order valence-corrected chi connectivity index (χ0v) is 13.4. The van der Waals surface area contributed by atoms with Gasteiger partial charge in [-0.05, 0) is 42.3 Å². The summed E-state index contributed by atoms with van der Waals surface area (Å²) in [6.07, 6.45) is 0. The highest BCUT2D eigenvalue weighted by atomic mass is 35.5. The fraction of sp³-hybridized carbons (Fsp3) is 0.125. The minimum atomic E-state index is -0.159. The second kappa shape index (κ2) is 6.34. The maximum atomic E-state index is 11.2. The van der Waals surface area contributed by atoms with Crippen LogP contribution in [0.25, 0.3) is 11.4 Å². The first-order valence-corrected chi connectivity index (χ1v) is 7.81. The molecule has 0 aliphatic rings. The molecule has 0 saturated carbocycles. The second-order valence-corrected chi connectivity index (χ2v) is 6.01. The Kier molecular flexibility index (Phi) is 4.27. The summed E-state index contributed by atoms with van der Waals surface area (Å²) in [7, 11) is 0. The highest BCUT2D eigenvalue weighted by Crippen LogP contribution is 2.23. The van der Waals surface area contributed by atoms with Crippen molar-refractivity contribution in [2.45, 2.75) is 13.5 Å². The topological polar surface area (TPSA) is 55.0 Å². The molecule has 6 heteroatoms. The van der Waals surface area contributed by atoms with Crippen LogP contribution < -0.4 is 9.61 Å². The molecular formula is C16H13ClN2O2S. The molecule has 3 aromatic rings. The van der Waals surface area contributed by atoms with Gasteiger partial charge >= 0.3 is 4.87 Å². The van der Waals surface area contributed by atoms with Gasteiger partial charge in [0.15, 0.2) is 5.82 Å². The lowest BCUT2D eigenvalue weighted by Gasteiger charge is -2.10. The minimum absolute atomic E-state index is 0.159. The maximum Gasteiger partial charge on any atom is 0.323 e. The van der Waals surface area contributed by atoms with Crippen molar-refractivity contribution in [3.63, 3.8) is 0 Å². The van der Waals surface area contributed by atoms with Gasteiger partial charge in [-0.1, -0.05) is 29.8 Å². The quantitative estimate of drug-likeness (QED) is 0.784. The molecule has 2 aromatic carbocycles. The highest BCUT2D eigenvalue weighted by molar-refractivity contribution is 7.03. The molecule has 0 saturated heterocycles. The van der Waals surface area contributed by atoms with Gasteiger partial charge in [-0.15, -0.1) is 0 Å². The number of H-pyrrole nitrogens is 1. The van der Waals surface area contributed by atoms with E-state index in [1.165, 1.54) is 0 Å². The van der Waals surface area contributed by atoms with Crippen molar-refractivity contribution >= 4 is 23.1 Å². The van der Waals surface area contributed by atoms with Crippen LogP contribution in [0.1, 0.15) is 11.1 Å². The number of hydrogen-bond acceptors (Lipinski definition) is 4. The molecule has 1 aromatic heterocycles. The number of aromatic amines is 1. The molecule has 0 aliphatic heterocycles. The first-order valence-electron chi connectivity index (χ1n) is 6.66. The molecule has 1 N–H and O–H groups in total. The average Bonchev–Trinajstić information content (AvgIpc) is 2.93. The fourth-order valence-corrected chi connectivity index (χ4v) is 2.79. The standard InChI is InChI=1S/C16H13ClN2O2S/c1-10-7-13(17)5-6-14(10)21-9-11-3-2-4-12(8-11)15-18-16(20)22-19-15/h2-8H,9H2,1H3,(H,18,19,20). The Bertz CT molecular complexity index is 857. The zero-order chi connectivity index (χ0) is 15.5. The Morgan fingerprint density at radius 1 is 1.27 bits per heavy atom. The van der Waals surface area contributed by atoms with Crippen LogP contribution in [0.15, 0.2) is 47.3 Å². The molecular weight excluding hydrogens is 320 g/mol. The van der Waals surface area contributed by atoms with Gasteiger partial charge in [0.2, 0.25) is 0 Å². The molecule has 112 valence electrons. The van der Waals surface area contributed by atoms with E-state index in [2.05, 4.69) is 9.36 Å². The van der Waals surface area contributed by atoms with Crippen LogP contribution in [0.3, 0.4) is 0 Å². The van der Waals surface area contributed by atoms with Crippen molar-refractivity contribution in [3.8, 4) is 17.1 Å². The fourth-order valence-electron chi connectivity index (χ4n) is 2.10. The van der Waals surface area contributed by atoms with Crippen LogP contribution >= 0.6 is 23.1 Å². The van der Waals surface area contributed by atoms with Crippen molar-refractivity contribution < 1.29 is 4.74 Å². The Morgan fingerprint density at radius 2 is 2.14 bits per heavy atom. The summed E-state index contributed by atoms with van der Waals surface area (Å²) >= 11 is 6.85. The monoisotopic (exact) mass is 332 g/mol. The van der Waals surface area contributed by atoms with Crippen LogP contribution in [0.2, 0.25) is 5.02 Å². The summed E-state index contributed by atoms with van der Waals surface area (Å²) in [6, 6.07) is 13.3. The van der Waals surface area contributed by atoms with Crippen LogP contribution in [0.4, 0.5) is 0 Å². The summed E-state index contributed by atoms with van der Waals surface area (Å²) in [5, 5.41) is 0.694. The number of nitrogens with one attached hydrogen (secondary N) is 1. The van der Waals surface area contributed by atoms with Gasteiger partial charge in [0.1, 0.15) is 12.4 Å². The van der Waals surface area contributed by atoms with Gasteiger partial charge in [0.05, 0.1) is 0 Å². The van der Waals surface area contributed by atoms with Gasteiger partial charge in [-0.2, -0.15) is 4.37 Å². The normalized spacial score (nSPS) is 10.6. The maximum absolute atomic E-state index is 11.2. The molecule has 0 radical (unpaired) electrons. The number of aryl methyl sites for hydroxylation is 1. The molecule has 0 atom stereocenters. The van der Waals surface area contributed by atoms with Gasteiger partial charge in [-0.25, -0.2) is 0 Å². The predicted molar refractivity (Wildman–Crippen MR) is 88.7 cm³/mol. The molecule has 0 unspecified atom stereocenters. The van der Waals surface area contributed by atoms with Crippen LogP contribution in [0.5, 0.6) is 5.75 Å². The average molecular weight is 333 g/mol. The van der Waals surface area contributed by atoms with E-state index in [0.29, 0.717) is 17.5 Å². The number of rotatable bonds is 4. The summed E-state index contributed by atoms with van der Waals surface area (Å²) in [6.45, 7) is 2.39. The number of nitrogens with zero attached hydrogens (tertiary/aromatic N) is 1. The number of halogens is 1. The molecule has 1 heterocycles. The van der Waals surface area contributed by atoms with E-state index in [-0.39, 0.29) is 4.87 Å². The SMILES string of the molecule is Cc1cc(Cl)ccc1OCc1cccc(-c2nsc(=O)[nH]2)c1. The third-order valence-corrected chi connectivity index (χ3v) is 3.95. The summed E-state index contributed by atoms with van der Waals surface area (Å²) < 4.78 is 9.91. The third-order valence-electron chi connectivity index (χ3n) is 3.17. The number of hydrogen-bond donors (Lipinski definition) is 1. The summed E-state index contributed by atoms with van der Waals surface area (Å²) in [5.41, 5.74) is 2.86. The van der Waals surface area contributed by atoms with E-state index >= 15 is 0 Å². The second-order valence-electron chi connectivity index (χ2n) is 4.84. The summed E-state index contributed by atoms with van der Waals surface area (Å²) in [4.78, 5) is 13.7.